The maximum absolute atomic E-state index is 13.6. The number of hydrogen-bond acceptors (Lipinski definition) is 9. The topological polar surface area (TPSA) is 214 Å². The Morgan fingerprint density at radius 2 is 0.875 bits per heavy atom. The first-order chi connectivity index (χ1) is 23.1. The number of hydrogen-bond donors (Lipinski definition) is 0. The summed E-state index contributed by atoms with van der Waals surface area (Å²) in [5.74, 6) is 0. The Morgan fingerprint density at radius 3 is 1.25 bits per heavy atom. The van der Waals surface area contributed by atoms with Gasteiger partial charge < -0.3 is 0 Å². The third kappa shape index (κ3) is 4.58. The predicted octanol–water partition coefficient (Wildman–Crippen LogP) is 6.82. The number of nitrogens with zero attached hydrogens (tertiary/aromatic N) is 9. The summed E-state index contributed by atoms with van der Waals surface area (Å²) in [5.41, 5.74) is -2.88. The molecule has 0 radical (unpaired) electrons. The Morgan fingerprint density at radius 1 is 0.458 bits per heavy atom. The van der Waals surface area contributed by atoms with Crippen molar-refractivity contribution in [3.05, 3.63) is 115 Å². The Labute approximate surface area is 269 Å². The highest BCUT2D eigenvalue weighted by atomic mass is 19.4. The Hall–Kier alpha value is -8.18. The van der Waals surface area contributed by atoms with Crippen LogP contribution in [0.25, 0.3) is 33.4 Å². The zero-order valence-corrected chi connectivity index (χ0v) is 23.8. The number of rotatable bonds is 2. The van der Waals surface area contributed by atoms with Crippen LogP contribution in [0.5, 0.6) is 0 Å². The van der Waals surface area contributed by atoms with Crippen LogP contribution in [0.2, 0.25) is 0 Å². The molecule has 3 aromatic rings. The lowest BCUT2D eigenvalue weighted by atomic mass is 9.89. The first-order valence-electron chi connectivity index (χ1n) is 13.2. The van der Waals surface area contributed by atoms with Gasteiger partial charge in [-0.2, -0.15) is 60.5 Å². The fraction of sp³-hybridized carbons (Fsp3) is 0.0278. The molecule has 0 unspecified atom stereocenters. The summed E-state index contributed by atoms with van der Waals surface area (Å²) in [7, 11) is 0. The lowest BCUT2D eigenvalue weighted by molar-refractivity contribution is -0.137. The summed E-state index contributed by atoms with van der Waals surface area (Å²) in [6.45, 7) is 0. The molecule has 0 N–H and O–H groups in total. The molecule has 0 fully saturated rings. The van der Waals surface area contributed by atoms with E-state index in [0.29, 0.717) is 6.07 Å². The van der Waals surface area contributed by atoms with Crippen molar-refractivity contribution in [2.75, 3.05) is 0 Å². The maximum atomic E-state index is 13.6. The molecular weight excluding hydrogens is 615 g/mol. The van der Waals surface area contributed by atoms with Crippen molar-refractivity contribution in [1.29, 1.82) is 47.4 Å². The molecule has 2 aliphatic carbocycles. The van der Waals surface area contributed by atoms with Crippen LogP contribution in [-0.4, -0.2) is 0 Å². The van der Waals surface area contributed by atoms with Gasteiger partial charge in [0.1, 0.15) is 59.7 Å². The van der Waals surface area contributed by atoms with Gasteiger partial charge >= 0.3 is 6.18 Å². The van der Waals surface area contributed by atoms with E-state index in [9.17, 15) is 60.5 Å². The quantitative estimate of drug-likeness (QED) is 0.273. The first-order valence-corrected chi connectivity index (χ1v) is 13.2. The average Bonchev–Trinajstić information content (AvgIpc) is 3.59. The summed E-state index contributed by atoms with van der Waals surface area (Å²) in [6.07, 6.45) is -4.87. The largest absolute Gasteiger partial charge is 0.417 e. The molecule has 0 atom stereocenters. The summed E-state index contributed by atoms with van der Waals surface area (Å²) in [6, 6.07) is 25.7. The van der Waals surface area contributed by atoms with Gasteiger partial charge in [0.2, 0.25) is 0 Å². The van der Waals surface area contributed by atoms with Gasteiger partial charge in [-0.25, -0.2) is 0 Å². The minimum atomic E-state index is -4.87. The molecule has 0 heterocycles. The monoisotopic (exact) mass is 623 g/mol. The lowest BCUT2D eigenvalue weighted by Crippen LogP contribution is -2.08. The molecule has 0 bridgehead atoms. The first kappa shape index (κ1) is 31.3. The molecule has 0 saturated carbocycles. The van der Waals surface area contributed by atoms with Gasteiger partial charge in [-0.1, -0.05) is 12.1 Å². The number of alkyl halides is 3. The van der Waals surface area contributed by atoms with Crippen LogP contribution in [0.4, 0.5) is 13.2 Å². The zero-order chi connectivity index (χ0) is 34.9. The third-order valence-electron chi connectivity index (χ3n) is 7.69. The molecule has 9 nitrogen and oxygen atoms in total. The van der Waals surface area contributed by atoms with Crippen molar-refractivity contribution in [2.24, 2.45) is 0 Å². The Kier molecular flexibility index (Phi) is 7.63. The summed E-state index contributed by atoms with van der Waals surface area (Å²) >= 11 is 0. The molecule has 48 heavy (non-hydrogen) atoms. The van der Waals surface area contributed by atoms with E-state index in [1.807, 2.05) is 24.3 Å². The van der Waals surface area contributed by atoms with Crippen molar-refractivity contribution < 1.29 is 13.2 Å². The van der Waals surface area contributed by atoms with Crippen molar-refractivity contribution >= 4 is 33.4 Å². The van der Waals surface area contributed by atoms with E-state index in [0.717, 1.165) is 12.1 Å². The number of nitriles is 9. The van der Waals surface area contributed by atoms with Crippen LogP contribution in [0.1, 0.15) is 55.6 Å². The number of benzene rings is 3. The van der Waals surface area contributed by atoms with Crippen LogP contribution < -0.4 is 0 Å². The molecule has 0 saturated heterocycles. The van der Waals surface area contributed by atoms with Crippen LogP contribution in [0.3, 0.4) is 0 Å². The van der Waals surface area contributed by atoms with Crippen LogP contribution >= 0.6 is 0 Å². The van der Waals surface area contributed by atoms with E-state index < -0.39 is 28.4 Å². The van der Waals surface area contributed by atoms with Crippen molar-refractivity contribution in [1.82, 2.24) is 0 Å². The number of fused-ring (bicyclic) bond motifs is 2. The second-order valence-corrected chi connectivity index (χ2v) is 9.97. The highest BCUT2D eigenvalue weighted by Crippen LogP contribution is 2.54. The molecule has 0 spiro atoms. The lowest BCUT2D eigenvalue weighted by Gasteiger charge is -2.13. The van der Waals surface area contributed by atoms with E-state index in [4.69, 9.17) is 0 Å². The summed E-state index contributed by atoms with van der Waals surface area (Å²) in [5, 5.41) is 89.0. The van der Waals surface area contributed by atoms with E-state index >= 15 is 0 Å². The predicted molar refractivity (Wildman–Crippen MR) is 160 cm³/mol. The van der Waals surface area contributed by atoms with Gasteiger partial charge in [-0.15, -0.1) is 0 Å². The van der Waals surface area contributed by atoms with Gasteiger partial charge in [0, 0.05) is 33.4 Å². The van der Waals surface area contributed by atoms with E-state index in [-0.39, 0.29) is 77.9 Å². The fourth-order valence-corrected chi connectivity index (χ4v) is 5.75. The van der Waals surface area contributed by atoms with Gasteiger partial charge in [0.25, 0.3) is 0 Å². The minimum Gasteiger partial charge on any atom is -0.192 e. The molecule has 0 aromatic heterocycles. The SMILES string of the molecule is N#CC(C#N)=C1C(c2ccc(C#N)c(C#N)c2)=C(C#N)c2cc3c(cc21)C(C#N)=C(c1ccc(C(F)(F)F)c(C#N)c1)C3=C(C#N)C#N. The molecule has 0 aliphatic heterocycles. The van der Waals surface area contributed by atoms with Crippen LogP contribution in [-0.2, 0) is 6.18 Å². The summed E-state index contributed by atoms with van der Waals surface area (Å²) < 4.78 is 40.8. The second kappa shape index (κ2) is 11.7. The van der Waals surface area contributed by atoms with Crippen molar-refractivity contribution in [2.45, 2.75) is 6.18 Å². The van der Waals surface area contributed by atoms with Gasteiger partial charge in [0.15, 0.2) is 0 Å². The van der Waals surface area contributed by atoms with Crippen molar-refractivity contribution in [3.63, 3.8) is 0 Å². The minimum absolute atomic E-state index is 0.0266. The third-order valence-corrected chi connectivity index (χ3v) is 7.69. The van der Waals surface area contributed by atoms with Gasteiger partial charge in [-0.3, -0.25) is 0 Å². The smallest absolute Gasteiger partial charge is 0.192 e. The van der Waals surface area contributed by atoms with E-state index in [1.54, 1.807) is 24.3 Å². The average molecular weight is 624 g/mol. The van der Waals surface area contributed by atoms with Crippen molar-refractivity contribution in [3.8, 4) is 54.6 Å². The van der Waals surface area contributed by atoms with Crippen LogP contribution in [0, 0.1) is 102 Å². The highest BCUT2D eigenvalue weighted by molar-refractivity contribution is 6.29. The van der Waals surface area contributed by atoms with E-state index in [1.165, 1.54) is 36.4 Å². The number of halogens is 3. The number of allylic oxidation sites excluding steroid dienone is 8. The van der Waals surface area contributed by atoms with E-state index in [2.05, 4.69) is 0 Å². The van der Waals surface area contributed by atoms with Gasteiger partial charge in [0.05, 0.1) is 39.5 Å². The fourth-order valence-electron chi connectivity index (χ4n) is 5.75. The normalized spacial score (nSPS) is 12.5. The molecule has 0 amide bonds. The molecule has 5 rings (SSSR count). The molecule has 2 aliphatic rings. The Balaban J connectivity index is 1.91. The zero-order valence-electron chi connectivity index (χ0n) is 23.8. The highest BCUT2D eigenvalue weighted by Gasteiger charge is 2.38. The van der Waals surface area contributed by atoms with Crippen LogP contribution in [0.15, 0.2) is 59.7 Å². The summed E-state index contributed by atoms with van der Waals surface area (Å²) in [4.78, 5) is 0. The molecular formula is C36H8F3N9. The van der Waals surface area contributed by atoms with Gasteiger partial charge in [-0.05, 0) is 58.7 Å². The maximum Gasteiger partial charge on any atom is 0.417 e. The molecule has 12 heteroatoms. The second-order valence-electron chi connectivity index (χ2n) is 9.97. The standard InChI is InChI=1S/C36H8F3N9/c37-36(38,39)31-4-3-19(6-22(31)11-42)33-30(17-48)26-8-27-25(7-28(26)35(33)24(14-45)15-46)29(16-47)32(34(27)23(12-43)13-44)18-1-2-20(9-40)21(5-18)10-41/h1-8H. The molecule has 3 aromatic carbocycles. The molecule has 218 valence electrons. The Bertz CT molecular complexity index is 2550.